The van der Waals surface area contributed by atoms with Crippen LogP contribution in [0.1, 0.15) is 42.5 Å². The summed E-state index contributed by atoms with van der Waals surface area (Å²) >= 11 is 0. The Bertz CT molecular complexity index is 212. The number of nitrogens with zero attached hydrogens (tertiary/aromatic N) is 2. The fraction of sp³-hybridized carbons (Fsp3) is 0.583. The maximum absolute atomic E-state index is 9.89. The summed E-state index contributed by atoms with van der Waals surface area (Å²) < 4.78 is 0. The lowest BCUT2D eigenvalue weighted by molar-refractivity contribution is -0.115. The molecule has 0 atom stereocenters. The first-order valence-corrected chi connectivity index (χ1v) is 4.27. The molecule has 0 fully saturated rings. The van der Waals surface area contributed by atoms with Gasteiger partial charge in [-0.3, -0.25) is 14.6 Å². The highest BCUT2D eigenvalue weighted by atomic mass is 16.1. The first kappa shape index (κ1) is 29.5. The second-order valence-corrected chi connectivity index (χ2v) is 2.14. The third kappa shape index (κ3) is 116. The number of aliphatic imine (C=N–C) groups is 2. The van der Waals surface area contributed by atoms with Crippen LogP contribution < -0.4 is 0 Å². The van der Waals surface area contributed by atoms with Crippen molar-refractivity contribution in [3.63, 3.8) is 0 Å². The lowest BCUT2D eigenvalue weighted by Crippen LogP contribution is -1.87. The standard InChI is InChI=1S/2C4H7NO.C2H4O.2CH4/c1-4(6)3-5-2;1-3-5-4(2)6;1-2-3;;/h2*3H,1-2H3;2H,1H3;2*1H4. The SMILES string of the molecule is C.C.CC=NC(C)=O.CC=O.CN=CC(C)=O. The lowest BCUT2D eigenvalue weighted by Gasteiger charge is -1.69. The normalized spacial score (nSPS) is 7.59. The zero-order chi connectivity index (χ0) is 12.7. The van der Waals surface area contributed by atoms with Gasteiger partial charge in [0, 0.05) is 27.1 Å². The highest BCUT2D eigenvalue weighted by Gasteiger charge is 1.74. The van der Waals surface area contributed by atoms with Crippen LogP contribution >= 0.6 is 0 Å². The van der Waals surface area contributed by atoms with Crippen molar-refractivity contribution in [2.45, 2.75) is 42.5 Å². The summed E-state index contributed by atoms with van der Waals surface area (Å²) in [6, 6.07) is 0. The van der Waals surface area contributed by atoms with E-state index in [9.17, 15) is 9.59 Å². The predicted molar refractivity (Wildman–Crippen MR) is 75.1 cm³/mol. The van der Waals surface area contributed by atoms with Crippen LogP contribution in [0.4, 0.5) is 0 Å². The number of hydrogen-bond acceptors (Lipinski definition) is 4. The van der Waals surface area contributed by atoms with Gasteiger partial charge in [0.2, 0.25) is 5.91 Å². The largest absolute Gasteiger partial charge is 0.304 e. The first-order chi connectivity index (χ1) is 6.95. The van der Waals surface area contributed by atoms with Gasteiger partial charge in [-0.25, -0.2) is 4.99 Å². The summed E-state index contributed by atoms with van der Waals surface area (Å²) in [5.74, 6) is -0.144. The molecule has 5 heteroatoms. The minimum atomic E-state index is -0.141. The third-order valence-corrected chi connectivity index (χ3v) is 0.622. The average molecular weight is 246 g/mol. The van der Waals surface area contributed by atoms with E-state index in [-0.39, 0.29) is 26.5 Å². The third-order valence-electron chi connectivity index (χ3n) is 0.622. The van der Waals surface area contributed by atoms with E-state index in [0.717, 1.165) is 6.29 Å². The van der Waals surface area contributed by atoms with E-state index in [1.54, 1.807) is 14.0 Å². The summed E-state index contributed by atoms with van der Waals surface area (Å²) in [5, 5.41) is 0. The van der Waals surface area contributed by atoms with Gasteiger partial charge in [0.25, 0.3) is 0 Å². The monoisotopic (exact) mass is 246 g/mol. The maximum atomic E-state index is 9.89. The summed E-state index contributed by atoms with van der Waals surface area (Å²) in [5.41, 5.74) is 0. The van der Waals surface area contributed by atoms with Crippen LogP contribution in [0.2, 0.25) is 0 Å². The summed E-state index contributed by atoms with van der Waals surface area (Å²) in [6.45, 7) is 6.04. The molecule has 0 unspecified atom stereocenters. The van der Waals surface area contributed by atoms with Crippen LogP contribution in [-0.2, 0) is 14.4 Å². The molecule has 0 aromatic rings. The number of rotatable bonds is 1. The van der Waals surface area contributed by atoms with Crippen molar-refractivity contribution in [2.75, 3.05) is 7.05 Å². The van der Waals surface area contributed by atoms with E-state index >= 15 is 0 Å². The summed E-state index contributed by atoms with van der Waals surface area (Å²) in [6.07, 6.45) is 3.50. The van der Waals surface area contributed by atoms with Crippen LogP contribution in [0.3, 0.4) is 0 Å². The lowest BCUT2D eigenvalue weighted by atomic mass is 10.5. The van der Waals surface area contributed by atoms with Gasteiger partial charge in [0.15, 0.2) is 5.78 Å². The van der Waals surface area contributed by atoms with Crippen molar-refractivity contribution in [3.05, 3.63) is 0 Å². The van der Waals surface area contributed by atoms with E-state index in [2.05, 4.69) is 9.98 Å². The van der Waals surface area contributed by atoms with Gasteiger partial charge < -0.3 is 4.79 Å². The molecule has 0 rings (SSSR count). The van der Waals surface area contributed by atoms with E-state index in [1.807, 2.05) is 0 Å². The van der Waals surface area contributed by atoms with Gasteiger partial charge in [-0.05, 0) is 13.8 Å². The number of ketones is 1. The summed E-state index contributed by atoms with van der Waals surface area (Å²) in [7, 11) is 1.57. The van der Waals surface area contributed by atoms with Crippen molar-refractivity contribution in [1.29, 1.82) is 0 Å². The molecule has 0 aliphatic carbocycles. The average Bonchev–Trinajstić information content (AvgIpc) is 2.05. The number of hydrogen-bond donors (Lipinski definition) is 0. The molecular weight excluding hydrogens is 220 g/mol. The van der Waals surface area contributed by atoms with E-state index in [0.29, 0.717) is 0 Å². The van der Waals surface area contributed by atoms with Crippen LogP contribution in [-0.4, -0.2) is 37.5 Å². The Morgan fingerprint density at radius 1 is 1.06 bits per heavy atom. The molecule has 0 aromatic carbocycles. The minimum Gasteiger partial charge on any atom is -0.304 e. The van der Waals surface area contributed by atoms with Crippen LogP contribution in [0.25, 0.3) is 0 Å². The zero-order valence-corrected chi connectivity index (χ0v) is 9.85. The topological polar surface area (TPSA) is 75.9 Å². The Hall–Kier alpha value is -1.65. The van der Waals surface area contributed by atoms with E-state index in [1.165, 1.54) is 33.2 Å². The van der Waals surface area contributed by atoms with Crippen LogP contribution in [0.5, 0.6) is 0 Å². The number of carbonyl (C=O) groups is 3. The molecule has 0 radical (unpaired) electrons. The fourth-order valence-electron chi connectivity index (χ4n) is 0.364. The van der Waals surface area contributed by atoms with Gasteiger partial charge >= 0.3 is 0 Å². The first-order valence-electron chi connectivity index (χ1n) is 4.27. The Kier molecular flexibility index (Phi) is 50.8. The Labute approximate surface area is 105 Å². The molecular formula is C12H26N2O3. The highest BCUT2D eigenvalue weighted by molar-refractivity contribution is 6.26. The van der Waals surface area contributed by atoms with Gasteiger partial charge in [-0.1, -0.05) is 14.9 Å². The summed E-state index contributed by atoms with van der Waals surface area (Å²) in [4.78, 5) is 35.4. The van der Waals surface area contributed by atoms with E-state index in [4.69, 9.17) is 4.79 Å². The maximum Gasteiger partial charge on any atom is 0.242 e. The smallest absolute Gasteiger partial charge is 0.242 e. The zero-order valence-electron chi connectivity index (χ0n) is 9.85. The van der Waals surface area contributed by atoms with Crippen molar-refractivity contribution in [3.8, 4) is 0 Å². The van der Waals surface area contributed by atoms with Gasteiger partial charge in [0.1, 0.15) is 6.29 Å². The van der Waals surface area contributed by atoms with Gasteiger partial charge in [-0.15, -0.1) is 0 Å². The Morgan fingerprint density at radius 2 is 1.41 bits per heavy atom. The van der Waals surface area contributed by atoms with Crippen molar-refractivity contribution in [2.24, 2.45) is 9.98 Å². The molecule has 0 aromatic heterocycles. The van der Waals surface area contributed by atoms with Gasteiger partial charge in [0.05, 0.1) is 6.21 Å². The molecule has 0 heterocycles. The number of amides is 1. The molecule has 5 nitrogen and oxygen atoms in total. The number of carbonyl (C=O) groups excluding carboxylic acids is 3. The van der Waals surface area contributed by atoms with Crippen LogP contribution in [0, 0.1) is 0 Å². The molecule has 102 valence electrons. The molecule has 0 spiro atoms. The number of aldehydes is 1. The molecule has 0 saturated carbocycles. The molecule has 0 aliphatic heterocycles. The molecule has 0 N–H and O–H groups in total. The molecule has 1 amide bonds. The molecule has 0 saturated heterocycles. The fourth-order valence-corrected chi connectivity index (χ4v) is 0.364. The molecule has 17 heavy (non-hydrogen) atoms. The number of Topliss-reactive ketones (excluding diaryl/α,β-unsaturated/α-hetero) is 1. The predicted octanol–water partition coefficient (Wildman–Crippen LogP) is 2.38. The van der Waals surface area contributed by atoms with Crippen molar-refractivity contribution in [1.82, 2.24) is 0 Å². The molecule has 0 bridgehead atoms. The highest BCUT2D eigenvalue weighted by Crippen LogP contribution is 1.63. The Morgan fingerprint density at radius 3 is 1.41 bits per heavy atom. The van der Waals surface area contributed by atoms with Crippen molar-refractivity contribution < 1.29 is 14.4 Å². The minimum absolute atomic E-state index is 0. The van der Waals surface area contributed by atoms with E-state index < -0.39 is 0 Å². The van der Waals surface area contributed by atoms with Crippen molar-refractivity contribution >= 4 is 30.4 Å². The molecule has 0 aliphatic rings. The quantitative estimate of drug-likeness (QED) is 0.526. The van der Waals surface area contributed by atoms with Crippen LogP contribution in [0.15, 0.2) is 9.98 Å². The second-order valence-electron chi connectivity index (χ2n) is 2.14. The second kappa shape index (κ2) is 29.3. The van der Waals surface area contributed by atoms with Gasteiger partial charge in [-0.2, -0.15) is 0 Å². The Balaban J connectivity index is -0.0000000421.